The number of ether oxygens (including phenoxy) is 2. The van der Waals surface area contributed by atoms with E-state index in [-0.39, 0.29) is 17.0 Å². The molecule has 0 unspecified atom stereocenters. The summed E-state index contributed by atoms with van der Waals surface area (Å²) in [6.07, 6.45) is 0. The molecule has 0 radical (unpaired) electrons. The molecule has 1 saturated heterocycles. The van der Waals surface area contributed by atoms with Gasteiger partial charge in [0.25, 0.3) is 0 Å². The van der Waals surface area contributed by atoms with Gasteiger partial charge in [0, 0.05) is 13.1 Å². The van der Waals surface area contributed by atoms with E-state index in [9.17, 15) is 4.79 Å². The number of carbonyl (C=O) groups is 1. The third kappa shape index (κ3) is 4.19. The van der Waals surface area contributed by atoms with Crippen LogP contribution < -0.4 is 4.90 Å². The third-order valence-electron chi connectivity index (χ3n) is 2.42. The number of hydrogen-bond acceptors (Lipinski definition) is 8. The first kappa shape index (κ1) is 14.3. The fourth-order valence-electron chi connectivity index (χ4n) is 1.47. The lowest BCUT2D eigenvalue weighted by Gasteiger charge is -2.26. The number of halogens is 1. The molecule has 0 spiro atoms. The van der Waals surface area contributed by atoms with Crippen molar-refractivity contribution < 1.29 is 14.3 Å². The first-order valence-corrected chi connectivity index (χ1v) is 6.99. The highest BCUT2D eigenvalue weighted by Gasteiger charge is 2.16. The lowest BCUT2D eigenvalue weighted by Crippen LogP contribution is -2.37. The Labute approximate surface area is 119 Å². The maximum absolute atomic E-state index is 11.1. The van der Waals surface area contributed by atoms with Crippen LogP contribution in [0.1, 0.15) is 0 Å². The van der Waals surface area contributed by atoms with E-state index in [2.05, 4.69) is 19.7 Å². The third-order valence-corrected chi connectivity index (χ3v) is 3.41. The monoisotopic (exact) mass is 304 g/mol. The zero-order valence-corrected chi connectivity index (χ0v) is 11.9. The van der Waals surface area contributed by atoms with Gasteiger partial charge in [-0.3, -0.25) is 4.79 Å². The summed E-state index contributed by atoms with van der Waals surface area (Å²) < 4.78 is 9.82. The van der Waals surface area contributed by atoms with E-state index in [1.165, 1.54) is 18.9 Å². The summed E-state index contributed by atoms with van der Waals surface area (Å²) in [6, 6.07) is 0. The molecule has 1 fully saturated rings. The van der Waals surface area contributed by atoms with E-state index in [0.29, 0.717) is 37.4 Å². The molecule has 2 heterocycles. The number of hydrogen-bond donors (Lipinski definition) is 0. The van der Waals surface area contributed by atoms with Crippen molar-refractivity contribution in [3.8, 4) is 0 Å². The number of carbonyl (C=O) groups excluding carboxylic acids is 1. The molecule has 1 aliphatic rings. The standard InChI is InChI=1S/C10H13ClN4O3S/c1-17-7(16)6-19-10-13-8(11)12-9(14-10)15-2-4-18-5-3-15/h2-6H2,1H3. The van der Waals surface area contributed by atoms with E-state index in [1.807, 2.05) is 4.90 Å². The van der Waals surface area contributed by atoms with Gasteiger partial charge < -0.3 is 14.4 Å². The first-order chi connectivity index (χ1) is 9.19. The number of morpholine rings is 1. The molecule has 2 rings (SSSR count). The number of esters is 1. The molecule has 1 aliphatic heterocycles. The fraction of sp³-hybridized carbons (Fsp3) is 0.600. The van der Waals surface area contributed by atoms with Crippen LogP contribution >= 0.6 is 23.4 Å². The molecule has 104 valence electrons. The van der Waals surface area contributed by atoms with Crippen molar-refractivity contribution in [3.63, 3.8) is 0 Å². The van der Waals surface area contributed by atoms with Crippen molar-refractivity contribution >= 4 is 35.3 Å². The minimum Gasteiger partial charge on any atom is -0.468 e. The molecule has 0 amide bonds. The molecule has 0 bridgehead atoms. The predicted octanol–water partition coefficient (Wildman–Crippen LogP) is 0.627. The fourth-order valence-corrected chi connectivity index (χ4v) is 2.34. The van der Waals surface area contributed by atoms with Gasteiger partial charge in [0.2, 0.25) is 11.2 Å². The summed E-state index contributed by atoms with van der Waals surface area (Å²) in [5.74, 6) is 0.310. The second-order valence-corrected chi connectivity index (χ2v) is 4.93. The quantitative estimate of drug-likeness (QED) is 0.592. The van der Waals surface area contributed by atoms with Crippen LogP contribution in [0, 0.1) is 0 Å². The van der Waals surface area contributed by atoms with E-state index >= 15 is 0 Å². The zero-order valence-electron chi connectivity index (χ0n) is 10.3. The van der Waals surface area contributed by atoms with Gasteiger partial charge in [-0.25, -0.2) is 0 Å². The molecule has 1 aromatic heterocycles. The minimum atomic E-state index is -0.338. The van der Waals surface area contributed by atoms with Gasteiger partial charge in [-0.1, -0.05) is 11.8 Å². The van der Waals surface area contributed by atoms with Gasteiger partial charge in [0.1, 0.15) is 0 Å². The van der Waals surface area contributed by atoms with E-state index < -0.39 is 0 Å². The van der Waals surface area contributed by atoms with Crippen LogP contribution in [0.3, 0.4) is 0 Å². The Hall–Kier alpha value is -1.12. The van der Waals surface area contributed by atoms with Gasteiger partial charge in [-0.05, 0) is 11.6 Å². The number of thioether (sulfide) groups is 1. The Morgan fingerprint density at radius 3 is 2.84 bits per heavy atom. The van der Waals surface area contributed by atoms with Crippen LogP contribution in [0.2, 0.25) is 5.28 Å². The van der Waals surface area contributed by atoms with Crippen molar-refractivity contribution in [1.82, 2.24) is 15.0 Å². The van der Waals surface area contributed by atoms with Gasteiger partial charge >= 0.3 is 5.97 Å². The Balaban J connectivity index is 2.07. The van der Waals surface area contributed by atoms with Crippen LogP contribution in [-0.4, -0.2) is 60.1 Å². The second kappa shape index (κ2) is 6.88. The number of nitrogens with zero attached hydrogens (tertiary/aromatic N) is 4. The van der Waals surface area contributed by atoms with Crippen LogP contribution in [0.25, 0.3) is 0 Å². The van der Waals surface area contributed by atoms with Crippen molar-refractivity contribution in [1.29, 1.82) is 0 Å². The summed E-state index contributed by atoms with van der Waals surface area (Å²) in [4.78, 5) is 25.4. The lowest BCUT2D eigenvalue weighted by atomic mass is 10.4. The normalized spacial score (nSPS) is 15.4. The number of methoxy groups -OCH3 is 1. The lowest BCUT2D eigenvalue weighted by molar-refractivity contribution is -0.137. The van der Waals surface area contributed by atoms with Crippen LogP contribution in [0.5, 0.6) is 0 Å². The van der Waals surface area contributed by atoms with Gasteiger partial charge in [0.05, 0.1) is 26.1 Å². The highest BCUT2D eigenvalue weighted by Crippen LogP contribution is 2.19. The Bertz CT molecular complexity index is 456. The second-order valence-electron chi connectivity index (χ2n) is 3.65. The summed E-state index contributed by atoms with van der Waals surface area (Å²) in [5, 5.41) is 0.524. The van der Waals surface area contributed by atoms with Crippen molar-refractivity contribution in [2.75, 3.05) is 44.1 Å². The van der Waals surface area contributed by atoms with Gasteiger partial charge in [-0.15, -0.1) is 0 Å². The summed E-state index contributed by atoms with van der Waals surface area (Å²) in [6.45, 7) is 2.69. The molecule has 7 nitrogen and oxygen atoms in total. The molecule has 0 atom stereocenters. The Kier molecular flexibility index (Phi) is 5.17. The molecule has 9 heteroatoms. The average Bonchev–Trinajstić information content (AvgIpc) is 2.45. The molecule has 19 heavy (non-hydrogen) atoms. The highest BCUT2D eigenvalue weighted by atomic mass is 35.5. The van der Waals surface area contributed by atoms with Crippen molar-refractivity contribution in [2.24, 2.45) is 0 Å². The van der Waals surface area contributed by atoms with Gasteiger partial charge in [-0.2, -0.15) is 15.0 Å². The van der Waals surface area contributed by atoms with Crippen LogP contribution in [0.15, 0.2) is 5.16 Å². The number of rotatable bonds is 4. The molecule has 0 aliphatic carbocycles. The summed E-state index contributed by atoms with van der Waals surface area (Å²) in [7, 11) is 1.34. The highest BCUT2D eigenvalue weighted by molar-refractivity contribution is 7.99. The van der Waals surface area contributed by atoms with E-state index in [1.54, 1.807) is 0 Å². The maximum atomic E-state index is 11.1. The Morgan fingerprint density at radius 1 is 1.42 bits per heavy atom. The summed E-state index contributed by atoms with van der Waals surface area (Å²) in [5.41, 5.74) is 0. The number of aromatic nitrogens is 3. The van der Waals surface area contributed by atoms with Crippen molar-refractivity contribution in [2.45, 2.75) is 5.16 Å². The molecule has 0 saturated carbocycles. The Morgan fingerprint density at radius 2 is 2.16 bits per heavy atom. The smallest absolute Gasteiger partial charge is 0.316 e. The van der Waals surface area contributed by atoms with Crippen LogP contribution in [-0.2, 0) is 14.3 Å². The summed E-state index contributed by atoms with van der Waals surface area (Å²) >= 11 is 7.04. The topological polar surface area (TPSA) is 77.4 Å². The number of anilines is 1. The minimum absolute atomic E-state index is 0.115. The molecular formula is C10H13ClN4O3S. The van der Waals surface area contributed by atoms with Crippen LogP contribution in [0.4, 0.5) is 5.95 Å². The van der Waals surface area contributed by atoms with Crippen molar-refractivity contribution in [3.05, 3.63) is 5.28 Å². The zero-order chi connectivity index (χ0) is 13.7. The predicted molar refractivity (Wildman–Crippen MR) is 70.6 cm³/mol. The molecule has 0 aromatic carbocycles. The molecular weight excluding hydrogens is 292 g/mol. The largest absolute Gasteiger partial charge is 0.468 e. The molecule has 1 aromatic rings. The first-order valence-electron chi connectivity index (χ1n) is 5.63. The van der Waals surface area contributed by atoms with Gasteiger partial charge in [0.15, 0.2) is 5.16 Å². The maximum Gasteiger partial charge on any atom is 0.316 e. The molecule has 0 N–H and O–H groups in total. The van der Waals surface area contributed by atoms with E-state index in [0.717, 1.165) is 0 Å². The SMILES string of the molecule is COC(=O)CSc1nc(Cl)nc(N2CCOCC2)n1. The van der Waals surface area contributed by atoms with E-state index in [4.69, 9.17) is 16.3 Å². The average molecular weight is 305 g/mol.